The Kier molecular flexibility index (Phi) is 3.39. The van der Waals surface area contributed by atoms with Crippen LogP contribution in [0.2, 0.25) is 0 Å². The molecule has 1 aromatic carbocycles. The van der Waals surface area contributed by atoms with Crippen LogP contribution in [0.15, 0.2) is 28.8 Å². The first-order valence-corrected chi connectivity index (χ1v) is 8.14. The fraction of sp³-hybridized carbons (Fsp3) is 0.200. The van der Waals surface area contributed by atoms with Crippen molar-refractivity contribution in [3.05, 3.63) is 30.0 Å². The Morgan fingerprint density at radius 1 is 1.26 bits per heavy atom. The molecule has 3 heterocycles. The molecule has 118 valence electrons. The third-order valence-electron chi connectivity index (χ3n) is 3.53. The second kappa shape index (κ2) is 5.43. The first-order chi connectivity index (χ1) is 11.2. The first kappa shape index (κ1) is 14.3. The summed E-state index contributed by atoms with van der Waals surface area (Å²) in [6.07, 6.45) is 1.81. The lowest BCUT2D eigenvalue weighted by Crippen LogP contribution is -1.85. The zero-order valence-electron chi connectivity index (χ0n) is 12.4. The molecule has 3 aromatic heterocycles. The van der Waals surface area contributed by atoms with Gasteiger partial charge >= 0.3 is 0 Å². The molecule has 0 radical (unpaired) electrons. The lowest BCUT2D eigenvalue weighted by Gasteiger charge is -2.02. The Balaban J connectivity index is 1.84. The Hall–Kier alpha value is -2.25. The zero-order valence-corrected chi connectivity index (χ0v) is 13.9. The number of furan rings is 1. The van der Waals surface area contributed by atoms with Crippen LogP contribution in [-0.4, -0.2) is 28.8 Å². The number of ether oxygens (including phenoxy) is 2. The van der Waals surface area contributed by atoms with Crippen molar-refractivity contribution in [3.8, 4) is 22.4 Å². The third kappa shape index (κ3) is 2.32. The second-order valence-electron chi connectivity index (χ2n) is 4.87. The van der Waals surface area contributed by atoms with Crippen molar-refractivity contribution in [2.75, 3.05) is 14.2 Å². The van der Waals surface area contributed by atoms with E-state index >= 15 is 0 Å². The van der Waals surface area contributed by atoms with E-state index in [4.69, 9.17) is 25.5 Å². The molecule has 0 amide bonds. The summed E-state index contributed by atoms with van der Waals surface area (Å²) in [6, 6.07) is 5.69. The molecule has 0 spiro atoms. The molecule has 0 saturated carbocycles. The average Bonchev–Trinajstić information content (AvgIpc) is 3.24. The Morgan fingerprint density at radius 3 is 2.83 bits per heavy atom. The highest BCUT2D eigenvalue weighted by atomic mass is 35.5. The van der Waals surface area contributed by atoms with Crippen LogP contribution in [0.1, 0.15) is 5.56 Å². The molecule has 0 aliphatic rings. The second-order valence-corrected chi connectivity index (χ2v) is 6.05. The number of hydrogen-bond acceptors (Lipinski definition) is 6. The number of methoxy groups -OCH3 is 2. The molecule has 8 heteroatoms. The summed E-state index contributed by atoms with van der Waals surface area (Å²) in [5.41, 5.74) is 2.39. The van der Waals surface area contributed by atoms with E-state index in [0.717, 1.165) is 21.5 Å². The number of alkyl halides is 1. The summed E-state index contributed by atoms with van der Waals surface area (Å²) < 4.78 is 18.0. The SMILES string of the molecule is COc1cc(CCl)c2cc(-c3cn4nc(OC)sc4n3)oc2c1. The van der Waals surface area contributed by atoms with E-state index in [2.05, 4.69) is 10.1 Å². The van der Waals surface area contributed by atoms with Gasteiger partial charge in [0.1, 0.15) is 17.0 Å². The van der Waals surface area contributed by atoms with Gasteiger partial charge in [-0.25, -0.2) is 9.50 Å². The van der Waals surface area contributed by atoms with Gasteiger partial charge in [0.15, 0.2) is 5.76 Å². The number of aromatic nitrogens is 3. The van der Waals surface area contributed by atoms with Gasteiger partial charge in [-0.15, -0.1) is 16.7 Å². The molecular formula is C15H12ClN3O3S. The maximum Gasteiger partial charge on any atom is 0.294 e. The van der Waals surface area contributed by atoms with Crippen LogP contribution >= 0.6 is 22.9 Å². The van der Waals surface area contributed by atoms with E-state index in [1.54, 1.807) is 18.7 Å². The smallest absolute Gasteiger partial charge is 0.294 e. The Morgan fingerprint density at radius 2 is 2.13 bits per heavy atom. The highest BCUT2D eigenvalue weighted by molar-refractivity contribution is 7.18. The van der Waals surface area contributed by atoms with E-state index < -0.39 is 0 Å². The molecule has 0 atom stereocenters. The van der Waals surface area contributed by atoms with Gasteiger partial charge in [-0.05, 0) is 29.0 Å². The molecular weight excluding hydrogens is 338 g/mol. The molecule has 0 fully saturated rings. The van der Waals surface area contributed by atoms with Crippen LogP contribution in [0.4, 0.5) is 0 Å². The number of fused-ring (bicyclic) bond motifs is 2. The minimum absolute atomic E-state index is 0.379. The molecule has 4 aromatic rings. The molecule has 0 saturated heterocycles. The summed E-state index contributed by atoms with van der Waals surface area (Å²) in [7, 11) is 3.20. The number of nitrogens with zero attached hydrogens (tertiary/aromatic N) is 3. The van der Waals surface area contributed by atoms with Crippen LogP contribution in [-0.2, 0) is 5.88 Å². The lowest BCUT2D eigenvalue weighted by atomic mass is 10.1. The van der Waals surface area contributed by atoms with E-state index in [9.17, 15) is 0 Å². The number of imidazole rings is 1. The highest BCUT2D eigenvalue weighted by Crippen LogP contribution is 2.34. The van der Waals surface area contributed by atoms with Gasteiger partial charge in [0.05, 0.1) is 20.4 Å². The maximum absolute atomic E-state index is 6.03. The van der Waals surface area contributed by atoms with E-state index in [-0.39, 0.29) is 0 Å². The van der Waals surface area contributed by atoms with Crippen molar-refractivity contribution in [2.24, 2.45) is 0 Å². The standard InChI is InChI=1S/C15H12ClN3O3S/c1-20-9-3-8(6-16)10-5-13(22-12(10)4-9)11-7-19-14(17-11)23-15(18-19)21-2/h3-5,7H,6H2,1-2H3. The fourth-order valence-corrected chi connectivity index (χ4v) is 3.34. The quantitative estimate of drug-likeness (QED) is 0.522. The Bertz CT molecular complexity index is 973. The van der Waals surface area contributed by atoms with Crippen LogP contribution in [0, 0.1) is 0 Å². The van der Waals surface area contributed by atoms with Gasteiger partial charge in [-0.1, -0.05) is 0 Å². The van der Waals surface area contributed by atoms with Gasteiger partial charge in [-0.3, -0.25) is 0 Å². The summed E-state index contributed by atoms with van der Waals surface area (Å²) in [6.45, 7) is 0. The first-order valence-electron chi connectivity index (χ1n) is 6.79. The number of halogens is 1. The normalized spacial score (nSPS) is 11.4. The number of rotatable bonds is 4. The van der Waals surface area contributed by atoms with Crippen molar-refractivity contribution in [3.63, 3.8) is 0 Å². The summed E-state index contributed by atoms with van der Waals surface area (Å²) in [5.74, 6) is 1.76. The highest BCUT2D eigenvalue weighted by Gasteiger charge is 2.15. The van der Waals surface area contributed by atoms with Crippen LogP contribution < -0.4 is 9.47 Å². The van der Waals surface area contributed by atoms with Crippen molar-refractivity contribution in [1.29, 1.82) is 0 Å². The third-order valence-corrected chi connectivity index (χ3v) is 4.70. The zero-order chi connectivity index (χ0) is 16.0. The van der Waals surface area contributed by atoms with Gasteiger partial charge in [0.25, 0.3) is 5.19 Å². The predicted octanol–water partition coefficient (Wildman–Crippen LogP) is 3.96. The van der Waals surface area contributed by atoms with Crippen LogP contribution in [0.25, 0.3) is 27.4 Å². The van der Waals surface area contributed by atoms with Crippen molar-refractivity contribution < 1.29 is 13.9 Å². The topological polar surface area (TPSA) is 61.8 Å². The average molecular weight is 350 g/mol. The molecule has 0 unspecified atom stereocenters. The van der Waals surface area contributed by atoms with Crippen LogP contribution in [0.5, 0.6) is 10.9 Å². The van der Waals surface area contributed by atoms with Crippen molar-refractivity contribution in [1.82, 2.24) is 14.6 Å². The predicted molar refractivity (Wildman–Crippen MR) is 88.7 cm³/mol. The van der Waals surface area contributed by atoms with Gasteiger partial charge in [-0.2, -0.15) is 0 Å². The minimum atomic E-state index is 0.379. The lowest BCUT2D eigenvalue weighted by molar-refractivity contribution is 0.405. The fourth-order valence-electron chi connectivity index (χ4n) is 2.42. The summed E-state index contributed by atoms with van der Waals surface area (Å²) in [4.78, 5) is 5.27. The summed E-state index contributed by atoms with van der Waals surface area (Å²) >= 11 is 7.40. The number of benzene rings is 1. The van der Waals surface area contributed by atoms with Crippen LogP contribution in [0.3, 0.4) is 0 Å². The van der Waals surface area contributed by atoms with Gasteiger partial charge in [0.2, 0.25) is 4.96 Å². The van der Waals surface area contributed by atoms with Gasteiger partial charge < -0.3 is 13.9 Å². The monoisotopic (exact) mass is 349 g/mol. The van der Waals surface area contributed by atoms with Crippen molar-refractivity contribution >= 4 is 38.9 Å². The molecule has 4 rings (SSSR count). The van der Waals surface area contributed by atoms with E-state index in [1.165, 1.54) is 11.3 Å². The maximum atomic E-state index is 6.03. The van der Waals surface area contributed by atoms with Crippen molar-refractivity contribution in [2.45, 2.75) is 5.88 Å². The summed E-state index contributed by atoms with van der Waals surface area (Å²) in [5, 5.41) is 5.78. The molecule has 0 N–H and O–H groups in total. The Labute approximate surface area is 140 Å². The van der Waals surface area contributed by atoms with E-state index in [0.29, 0.717) is 28.3 Å². The largest absolute Gasteiger partial charge is 0.497 e. The van der Waals surface area contributed by atoms with Gasteiger partial charge in [0, 0.05) is 17.3 Å². The molecule has 23 heavy (non-hydrogen) atoms. The number of hydrogen-bond donors (Lipinski definition) is 0. The minimum Gasteiger partial charge on any atom is -0.497 e. The molecule has 0 bridgehead atoms. The molecule has 0 aliphatic carbocycles. The molecule has 6 nitrogen and oxygen atoms in total. The van der Waals surface area contributed by atoms with E-state index in [1.807, 2.05) is 24.4 Å². The molecule has 0 aliphatic heterocycles.